The molecule has 2 heterocycles. The normalized spacial score (nSPS) is 11.0. The summed E-state index contributed by atoms with van der Waals surface area (Å²) in [5.41, 5.74) is 9.59. The van der Waals surface area contributed by atoms with E-state index in [1.807, 2.05) is 48.7 Å². The lowest BCUT2D eigenvalue weighted by Crippen LogP contribution is -1.96. The van der Waals surface area contributed by atoms with Gasteiger partial charge in [-0.25, -0.2) is 9.97 Å². The highest BCUT2D eigenvalue weighted by atomic mass is 14.9. The van der Waals surface area contributed by atoms with E-state index in [-0.39, 0.29) is 0 Å². The van der Waals surface area contributed by atoms with Gasteiger partial charge in [-0.1, -0.05) is 127 Å². The molecule has 2 aromatic heterocycles. The molecule has 0 N–H and O–H groups in total. The van der Waals surface area contributed by atoms with Gasteiger partial charge in [-0.3, -0.25) is 4.98 Å². The van der Waals surface area contributed by atoms with Gasteiger partial charge >= 0.3 is 0 Å². The van der Waals surface area contributed by atoms with Gasteiger partial charge in [0, 0.05) is 29.1 Å². The summed E-state index contributed by atoms with van der Waals surface area (Å²) < 4.78 is 0. The minimum Gasteiger partial charge on any atom is -0.264 e. The zero-order valence-electron chi connectivity index (χ0n) is 21.8. The molecule has 7 rings (SSSR count). The first-order valence-electron chi connectivity index (χ1n) is 13.4. The lowest BCUT2D eigenvalue weighted by Gasteiger charge is -2.14. The molecule has 0 saturated carbocycles. The third kappa shape index (κ3) is 4.55. The fraction of sp³-hybridized carbons (Fsp3) is 0. The Bertz CT molecular complexity index is 1860. The smallest absolute Gasteiger partial charge is 0.160 e. The van der Waals surface area contributed by atoms with Crippen LogP contribution in [0.5, 0.6) is 0 Å². The summed E-state index contributed by atoms with van der Waals surface area (Å²) in [6.07, 6.45) is 3.70. The first-order valence-corrected chi connectivity index (χ1v) is 13.4. The molecular formula is C37H25N3. The lowest BCUT2D eigenvalue weighted by atomic mass is 9.92. The second kappa shape index (κ2) is 10.4. The summed E-state index contributed by atoms with van der Waals surface area (Å²) in [4.78, 5) is 14.3. The van der Waals surface area contributed by atoms with Crippen molar-refractivity contribution in [1.29, 1.82) is 0 Å². The van der Waals surface area contributed by atoms with Gasteiger partial charge in [-0.2, -0.15) is 0 Å². The Morgan fingerprint density at radius 2 is 0.950 bits per heavy atom. The second-order valence-corrected chi connectivity index (χ2v) is 9.72. The molecular weight excluding hydrogens is 486 g/mol. The number of fused-ring (bicyclic) bond motifs is 1. The molecule has 7 aromatic rings. The molecule has 0 bridgehead atoms. The van der Waals surface area contributed by atoms with Crippen LogP contribution < -0.4 is 0 Å². The van der Waals surface area contributed by atoms with Crippen LogP contribution in [0.2, 0.25) is 0 Å². The minimum absolute atomic E-state index is 0.719. The molecule has 3 nitrogen and oxygen atoms in total. The van der Waals surface area contributed by atoms with E-state index in [0.29, 0.717) is 0 Å². The molecule has 0 aliphatic carbocycles. The Morgan fingerprint density at radius 1 is 0.375 bits per heavy atom. The standard InChI is InChI=1S/C37H25N3/c1-3-10-28(11-4-1)35-24-36(40-37(39-35)29-12-5-2-6-13-29)34-22-21-31(32-15-7-8-16-33(32)34)27-19-17-26(18-20-27)30-14-9-23-38-25-30/h1-25H. The van der Waals surface area contributed by atoms with Crippen molar-refractivity contribution in [3.8, 4) is 56.2 Å². The van der Waals surface area contributed by atoms with Crippen LogP contribution in [-0.2, 0) is 0 Å². The summed E-state index contributed by atoms with van der Waals surface area (Å²) in [6.45, 7) is 0. The van der Waals surface area contributed by atoms with Gasteiger partial charge in [0.15, 0.2) is 5.82 Å². The third-order valence-electron chi connectivity index (χ3n) is 7.22. The number of nitrogens with zero attached hydrogens (tertiary/aromatic N) is 3. The Labute approximate surface area is 233 Å². The largest absolute Gasteiger partial charge is 0.264 e. The fourth-order valence-electron chi connectivity index (χ4n) is 5.21. The maximum atomic E-state index is 5.08. The zero-order valence-corrected chi connectivity index (χ0v) is 21.8. The average molecular weight is 512 g/mol. The highest BCUT2D eigenvalue weighted by Gasteiger charge is 2.14. The second-order valence-electron chi connectivity index (χ2n) is 9.72. The monoisotopic (exact) mass is 511 g/mol. The third-order valence-corrected chi connectivity index (χ3v) is 7.22. The van der Waals surface area contributed by atoms with Crippen molar-refractivity contribution < 1.29 is 0 Å². The van der Waals surface area contributed by atoms with Crippen LogP contribution in [0.25, 0.3) is 66.9 Å². The van der Waals surface area contributed by atoms with E-state index in [1.165, 1.54) is 16.5 Å². The number of aromatic nitrogens is 3. The summed E-state index contributed by atoms with van der Waals surface area (Å²) >= 11 is 0. The van der Waals surface area contributed by atoms with Crippen LogP contribution in [0.3, 0.4) is 0 Å². The highest BCUT2D eigenvalue weighted by Crippen LogP contribution is 2.37. The first kappa shape index (κ1) is 23.7. The summed E-state index contributed by atoms with van der Waals surface area (Å²) in [7, 11) is 0. The van der Waals surface area contributed by atoms with E-state index in [9.17, 15) is 0 Å². The lowest BCUT2D eigenvalue weighted by molar-refractivity contribution is 1.18. The molecule has 0 aliphatic rings. The van der Waals surface area contributed by atoms with Crippen molar-refractivity contribution in [2.24, 2.45) is 0 Å². The molecule has 40 heavy (non-hydrogen) atoms. The van der Waals surface area contributed by atoms with E-state index in [4.69, 9.17) is 9.97 Å². The van der Waals surface area contributed by atoms with Crippen LogP contribution >= 0.6 is 0 Å². The maximum Gasteiger partial charge on any atom is 0.160 e. The zero-order chi connectivity index (χ0) is 26.7. The Morgan fingerprint density at radius 3 is 1.65 bits per heavy atom. The molecule has 0 saturated heterocycles. The maximum absolute atomic E-state index is 5.08. The highest BCUT2D eigenvalue weighted by molar-refractivity contribution is 6.04. The van der Waals surface area contributed by atoms with E-state index < -0.39 is 0 Å². The molecule has 188 valence electrons. The van der Waals surface area contributed by atoms with Gasteiger partial charge in [0.25, 0.3) is 0 Å². The van der Waals surface area contributed by atoms with Crippen LogP contribution in [0.15, 0.2) is 152 Å². The van der Waals surface area contributed by atoms with Gasteiger partial charge in [0.05, 0.1) is 11.4 Å². The van der Waals surface area contributed by atoms with Crippen LogP contribution in [0.1, 0.15) is 0 Å². The molecule has 0 aliphatic heterocycles. The van der Waals surface area contributed by atoms with Crippen molar-refractivity contribution in [1.82, 2.24) is 15.0 Å². The Balaban J connectivity index is 1.37. The van der Waals surface area contributed by atoms with E-state index >= 15 is 0 Å². The molecule has 0 atom stereocenters. The Hall–Kier alpha value is -5.41. The van der Waals surface area contributed by atoms with Gasteiger partial charge in [-0.05, 0) is 45.2 Å². The van der Waals surface area contributed by atoms with Crippen LogP contribution in [-0.4, -0.2) is 15.0 Å². The number of rotatable bonds is 5. The predicted octanol–water partition coefficient (Wildman–Crippen LogP) is 9.36. The van der Waals surface area contributed by atoms with Crippen LogP contribution in [0, 0.1) is 0 Å². The molecule has 0 spiro atoms. The van der Waals surface area contributed by atoms with Gasteiger partial charge in [0.1, 0.15) is 0 Å². The van der Waals surface area contributed by atoms with E-state index in [1.54, 1.807) is 6.20 Å². The van der Waals surface area contributed by atoms with Crippen molar-refractivity contribution >= 4 is 10.8 Å². The SMILES string of the molecule is c1ccc(-c2cc(-c3ccc(-c4ccc(-c5cccnc5)cc4)c4ccccc34)nc(-c3ccccc3)n2)cc1. The summed E-state index contributed by atoms with van der Waals surface area (Å²) in [6, 6.07) is 48.3. The fourth-order valence-corrected chi connectivity index (χ4v) is 5.21. The molecule has 0 unspecified atom stereocenters. The number of hydrogen-bond donors (Lipinski definition) is 0. The molecule has 3 heteroatoms. The quantitative estimate of drug-likeness (QED) is 0.231. The minimum atomic E-state index is 0.719. The van der Waals surface area contributed by atoms with E-state index in [2.05, 4.69) is 102 Å². The van der Waals surface area contributed by atoms with Crippen molar-refractivity contribution in [3.05, 3.63) is 152 Å². The summed E-state index contributed by atoms with van der Waals surface area (Å²) in [5, 5.41) is 2.35. The van der Waals surface area contributed by atoms with Crippen molar-refractivity contribution in [2.45, 2.75) is 0 Å². The predicted molar refractivity (Wildman–Crippen MR) is 165 cm³/mol. The summed E-state index contributed by atoms with van der Waals surface area (Å²) in [5.74, 6) is 0.719. The van der Waals surface area contributed by atoms with E-state index in [0.717, 1.165) is 50.4 Å². The average Bonchev–Trinajstić information content (AvgIpc) is 3.05. The van der Waals surface area contributed by atoms with Crippen molar-refractivity contribution in [2.75, 3.05) is 0 Å². The topological polar surface area (TPSA) is 38.7 Å². The van der Waals surface area contributed by atoms with Gasteiger partial charge in [0.2, 0.25) is 0 Å². The van der Waals surface area contributed by atoms with Gasteiger partial charge < -0.3 is 0 Å². The number of pyridine rings is 1. The number of hydrogen-bond acceptors (Lipinski definition) is 3. The number of benzene rings is 5. The van der Waals surface area contributed by atoms with Crippen molar-refractivity contribution in [3.63, 3.8) is 0 Å². The molecule has 0 amide bonds. The molecule has 0 fully saturated rings. The molecule has 5 aromatic carbocycles. The van der Waals surface area contributed by atoms with Gasteiger partial charge in [-0.15, -0.1) is 0 Å². The first-order chi connectivity index (χ1) is 19.8. The molecule has 0 radical (unpaired) electrons. The Kier molecular flexibility index (Phi) is 6.15. The van der Waals surface area contributed by atoms with Crippen LogP contribution in [0.4, 0.5) is 0 Å².